The first-order valence-electron chi connectivity index (χ1n) is 10.9. The van der Waals surface area contributed by atoms with E-state index in [1.165, 1.54) is 6.07 Å². The number of nitrogens with two attached hydrogens (primary N) is 1. The topological polar surface area (TPSA) is 76.1 Å². The summed E-state index contributed by atoms with van der Waals surface area (Å²) in [6, 6.07) is 4.32. The summed E-state index contributed by atoms with van der Waals surface area (Å²) in [5.41, 5.74) is 9.06. The lowest BCUT2D eigenvalue weighted by Gasteiger charge is -2.46. The monoisotopic (exact) mass is 471 g/mol. The van der Waals surface area contributed by atoms with Gasteiger partial charge in [-0.1, -0.05) is 17.7 Å². The fourth-order valence-electron chi connectivity index (χ4n) is 4.72. The van der Waals surface area contributed by atoms with Crippen molar-refractivity contribution in [2.75, 3.05) is 30.3 Å². The van der Waals surface area contributed by atoms with Crippen LogP contribution in [0, 0.1) is 18.6 Å². The van der Waals surface area contributed by atoms with Gasteiger partial charge in [-0.05, 0) is 44.0 Å². The van der Waals surface area contributed by atoms with E-state index in [-0.39, 0.29) is 17.1 Å². The molecule has 7 nitrogen and oxygen atoms in total. The highest BCUT2D eigenvalue weighted by atomic mass is 35.5. The lowest BCUT2D eigenvalue weighted by molar-refractivity contribution is 0.281. The zero-order valence-electron chi connectivity index (χ0n) is 18.2. The summed E-state index contributed by atoms with van der Waals surface area (Å²) >= 11 is 5.99. The second kappa shape index (κ2) is 8.62. The van der Waals surface area contributed by atoms with E-state index in [0.29, 0.717) is 29.9 Å². The molecule has 5 rings (SSSR count). The van der Waals surface area contributed by atoms with Crippen molar-refractivity contribution >= 4 is 23.2 Å². The zero-order chi connectivity index (χ0) is 23.1. The van der Waals surface area contributed by atoms with Crippen LogP contribution in [0.2, 0.25) is 5.15 Å². The Kier molecular flexibility index (Phi) is 5.65. The van der Waals surface area contributed by atoms with Crippen LogP contribution < -0.4 is 10.6 Å². The van der Waals surface area contributed by atoms with Crippen molar-refractivity contribution in [1.82, 2.24) is 24.6 Å². The number of aromatic nitrogens is 4. The molecule has 0 spiro atoms. The average molecular weight is 472 g/mol. The van der Waals surface area contributed by atoms with Crippen LogP contribution >= 0.6 is 11.6 Å². The van der Waals surface area contributed by atoms with Gasteiger partial charge in [0.1, 0.15) is 16.8 Å². The Morgan fingerprint density at radius 3 is 2.88 bits per heavy atom. The number of piperazine rings is 1. The Hall–Kier alpha value is -3.20. The first kappa shape index (κ1) is 21.6. The molecule has 3 aromatic rings. The molecular formula is C23H24ClF2N7. The number of nitrogen functional groups attached to an aromatic ring is 1. The second-order valence-corrected chi connectivity index (χ2v) is 8.82. The Labute approximate surface area is 195 Å². The minimum absolute atomic E-state index is 0.101. The molecule has 0 amide bonds. The highest BCUT2D eigenvalue weighted by molar-refractivity contribution is 6.29. The normalized spacial score (nSPS) is 18.0. The van der Waals surface area contributed by atoms with Gasteiger partial charge in [0.05, 0.1) is 6.20 Å². The van der Waals surface area contributed by atoms with Gasteiger partial charge in [-0.3, -0.25) is 0 Å². The molecule has 0 bridgehead atoms. The molecule has 10 heteroatoms. The van der Waals surface area contributed by atoms with E-state index in [9.17, 15) is 8.78 Å². The number of fused-ring (bicyclic) bond motifs is 3. The van der Waals surface area contributed by atoms with Crippen LogP contribution in [0.25, 0.3) is 5.82 Å². The number of hydrogen-bond donors (Lipinski definition) is 1. The van der Waals surface area contributed by atoms with Crippen LogP contribution in [0.5, 0.6) is 0 Å². The maximum absolute atomic E-state index is 14.2. The van der Waals surface area contributed by atoms with Gasteiger partial charge in [-0.15, -0.1) is 0 Å². The quantitative estimate of drug-likeness (QED) is 0.585. The standard InChI is InChI=1S/C23H24ClF2N7/c1-14-15(12-28-33(14)22-11-21(24)29-23(27)30-22)3-2-6-31-7-8-32-17(13-31)4-5-18-19(26)9-16(25)10-20(18)32/h2,6,9-12,17H,3-5,7-8,13H2,1H3,(H2,27,29,30). The largest absolute Gasteiger partial charge is 0.374 e. The van der Waals surface area contributed by atoms with Crippen molar-refractivity contribution in [1.29, 1.82) is 0 Å². The summed E-state index contributed by atoms with van der Waals surface area (Å²) in [5, 5.41) is 4.69. The minimum atomic E-state index is -0.517. The van der Waals surface area contributed by atoms with Gasteiger partial charge in [0.15, 0.2) is 5.82 Å². The van der Waals surface area contributed by atoms with Gasteiger partial charge < -0.3 is 15.5 Å². The molecule has 2 aliphatic rings. The van der Waals surface area contributed by atoms with Gasteiger partial charge in [0.2, 0.25) is 5.95 Å². The lowest BCUT2D eigenvalue weighted by Crippen LogP contribution is -2.53. The van der Waals surface area contributed by atoms with Crippen LogP contribution in [-0.4, -0.2) is 50.3 Å². The number of anilines is 2. The fraction of sp³-hybridized carbons (Fsp3) is 0.348. The molecule has 0 aliphatic carbocycles. The van der Waals surface area contributed by atoms with Crippen LogP contribution in [0.4, 0.5) is 20.4 Å². The number of benzene rings is 1. The maximum Gasteiger partial charge on any atom is 0.223 e. The third-order valence-electron chi connectivity index (χ3n) is 6.37. The number of allylic oxidation sites excluding steroid dienone is 1. The van der Waals surface area contributed by atoms with Gasteiger partial charge in [-0.2, -0.15) is 10.1 Å². The molecule has 172 valence electrons. The molecule has 1 unspecified atom stereocenters. The molecule has 1 aromatic carbocycles. The molecule has 0 radical (unpaired) electrons. The van der Waals surface area contributed by atoms with Crippen molar-refractivity contribution < 1.29 is 8.78 Å². The zero-order valence-corrected chi connectivity index (χ0v) is 18.9. The third kappa shape index (κ3) is 4.25. The molecule has 33 heavy (non-hydrogen) atoms. The summed E-state index contributed by atoms with van der Waals surface area (Å²) in [4.78, 5) is 12.5. The van der Waals surface area contributed by atoms with Crippen molar-refractivity contribution in [2.24, 2.45) is 0 Å². The molecular weight excluding hydrogens is 448 g/mol. The van der Waals surface area contributed by atoms with E-state index in [0.717, 1.165) is 43.4 Å². The number of nitrogens with zero attached hydrogens (tertiary/aromatic N) is 6. The molecule has 2 aliphatic heterocycles. The van der Waals surface area contributed by atoms with Crippen molar-refractivity contribution in [3.63, 3.8) is 0 Å². The third-order valence-corrected chi connectivity index (χ3v) is 6.56. The molecule has 1 fully saturated rings. The lowest BCUT2D eigenvalue weighted by atomic mass is 9.93. The predicted molar refractivity (Wildman–Crippen MR) is 124 cm³/mol. The molecule has 0 saturated carbocycles. The Bertz CT molecular complexity index is 1210. The Morgan fingerprint density at radius 1 is 1.21 bits per heavy atom. The Morgan fingerprint density at radius 2 is 2.06 bits per heavy atom. The van der Waals surface area contributed by atoms with E-state index < -0.39 is 11.6 Å². The SMILES string of the molecule is Cc1c(CC=CN2CCN3c4cc(F)cc(F)c4CCC3C2)cnn1-c1cc(Cl)nc(N)n1. The molecule has 1 saturated heterocycles. The van der Waals surface area contributed by atoms with Gasteiger partial charge in [0.25, 0.3) is 0 Å². The van der Waals surface area contributed by atoms with E-state index in [4.69, 9.17) is 17.3 Å². The first-order chi connectivity index (χ1) is 15.9. The maximum atomic E-state index is 14.2. The van der Waals surface area contributed by atoms with Crippen molar-refractivity contribution in [3.8, 4) is 5.82 Å². The molecule has 4 heterocycles. The van der Waals surface area contributed by atoms with Gasteiger partial charge in [-0.25, -0.2) is 18.4 Å². The van der Waals surface area contributed by atoms with E-state index >= 15 is 0 Å². The van der Waals surface area contributed by atoms with Gasteiger partial charge in [0, 0.05) is 54.8 Å². The van der Waals surface area contributed by atoms with E-state index in [1.807, 2.05) is 13.1 Å². The highest BCUT2D eigenvalue weighted by Gasteiger charge is 2.32. The number of rotatable bonds is 4. The highest BCUT2D eigenvalue weighted by Crippen LogP contribution is 2.35. The number of hydrogen-bond acceptors (Lipinski definition) is 6. The fourth-order valence-corrected chi connectivity index (χ4v) is 4.90. The first-order valence-corrected chi connectivity index (χ1v) is 11.3. The summed E-state index contributed by atoms with van der Waals surface area (Å²) in [6.45, 7) is 4.32. The van der Waals surface area contributed by atoms with Crippen molar-refractivity contribution in [2.45, 2.75) is 32.2 Å². The van der Waals surface area contributed by atoms with Gasteiger partial charge >= 0.3 is 0 Å². The minimum Gasteiger partial charge on any atom is -0.374 e. The van der Waals surface area contributed by atoms with Crippen molar-refractivity contribution in [3.05, 3.63) is 70.3 Å². The summed E-state index contributed by atoms with van der Waals surface area (Å²) in [7, 11) is 0. The second-order valence-electron chi connectivity index (χ2n) is 8.43. The molecule has 2 N–H and O–H groups in total. The van der Waals surface area contributed by atoms with E-state index in [2.05, 4.69) is 37.1 Å². The molecule has 1 atom stereocenters. The summed E-state index contributed by atoms with van der Waals surface area (Å²) in [6.07, 6.45) is 8.23. The predicted octanol–water partition coefficient (Wildman–Crippen LogP) is 3.68. The average Bonchev–Trinajstić information content (AvgIpc) is 3.13. The van der Waals surface area contributed by atoms with Crippen LogP contribution in [-0.2, 0) is 12.8 Å². The van der Waals surface area contributed by atoms with Crippen LogP contribution in [0.3, 0.4) is 0 Å². The van der Waals surface area contributed by atoms with E-state index in [1.54, 1.807) is 10.7 Å². The smallest absolute Gasteiger partial charge is 0.223 e. The molecule has 2 aromatic heterocycles. The number of halogens is 3. The van der Waals surface area contributed by atoms with Crippen LogP contribution in [0.15, 0.2) is 36.7 Å². The summed E-state index contributed by atoms with van der Waals surface area (Å²) < 4.78 is 29.6. The summed E-state index contributed by atoms with van der Waals surface area (Å²) in [5.74, 6) is -0.323. The Balaban J connectivity index is 1.25. The van der Waals surface area contributed by atoms with Crippen LogP contribution in [0.1, 0.15) is 23.2 Å².